The van der Waals surface area contributed by atoms with E-state index in [1.54, 1.807) is 24.0 Å². The Kier molecular flexibility index (Phi) is 3.99. The molecule has 8 heteroatoms. The summed E-state index contributed by atoms with van der Waals surface area (Å²) in [5.41, 5.74) is 0.713. The highest BCUT2D eigenvalue weighted by molar-refractivity contribution is 6.32. The molecule has 0 atom stereocenters. The quantitative estimate of drug-likeness (QED) is 0.689. The maximum Gasteiger partial charge on any atom is 0.288 e. The number of hydrogen-bond donors (Lipinski definition) is 1. The number of amides is 1. The van der Waals surface area contributed by atoms with E-state index in [0.29, 0.717) is 0 Å². The summed E-state index contributed by atoms with van der Waals surface area (Å²) in [5.74, 6) is -0.411. The Balaban J connectivity index is 2.12. The molecule has 1 heterocycles. The molecular formula is C12H11ClN4O3. The van der Waals surface area contributed by atoms with Crippen LogP contribution in [0.5, 0.6) is 0 Å². The molecule has 0 aliphatic rings. The van der Waals surface area contributed by atoms with Gasteiger partial charge in [0.15, 0.2) is 0 Å². The predicted octanol–water partition coefficient (Wildman–Crippen LogP) is 1.91. The van der Waals surface area contributed by atoms with Crippen molar-refractivity contribution in [3.8, 4) is 0 Å². The molecule has 1 N–H and O–H groups in total. The van der Waals surface area contributed by atoms with Crippen LogP contribution in [-0.2, 0) is 13.6 Å². The van der Waals surface area contributed by atoms with Gasteiger partial charge in [0.2, 0.25) is 0 Å². The van der Waals surface area contributed by atoms with Gasteiger partial charge < -0.3 is 5.32 Å². The van der Waals surface area contributed by atoms with Crippen molar-refractivity contribution in [2.24, 2.45) is 7.05 Å². The van der Waals surface area contributed by atoms with Crippen LogP contribution < -0.4 is 5.32 Å². The first-order valence-electron chi connectivity index (χ1n) is 5.68. The number of nitro groups is 1. The number of nitrogens with zero attached hydrogens (tertiary/aromatic N) is 3. The molecule has 0 aliphatic heterocycles. The van der Waals surface area contributed by atoms with Gasteiger partial charge in [-0.1, -0.05) is 11.6 Å². The first-order chi connectivity index (χ1) is 9.49. The van der Waals surface area contributed by atoms with Crippen molar-refractivity contribution in [3.63, 3.8) is 0 Å². The van der Waals surface area contributed by atoms with Crippen LogP contribution in [0.1, 0.15) is 16.1 Å². The van der Waals surface area contributed by atoms with Gasteiger partial charge in [-0.05, 0) is 18.2 Å². The molecule has 2 aromatic rings. The molecule has 1 aromatic heterocycles. The van der Waals surface area contributed by atoms with Crippen LogP contribution in [0.15, 0.2) is 30.5 Å². The largest absolute Gasteiger partial charge is 0.346 e. The summed E-state index contributed by atoms with van der Waals surface area (Å²) in [6, 6.07) is 5.69. The highest BCUT2D eigenvalue weighted by Gasteiger charge is 2.16. The molecule has 7 nitrogen and oxygen atoms in total. The summed E-state index contributed by atoms with van der Waals surface area (Å²) in [5, 5.41) is 17.4. The van der Waals surface area contributed by atoms with E-state index in [4.69, 9.17) is 11.6 Å². The standard InChI is InChI=1S/C12H11ClN4O3/c1-16-9(4-5-15-16)7-14-12(18)8-2-3-10(13)11(6-8)17(19)20/h2-6H,7H2,1H3,(H,14,18). The Labute approximate surface area is 119 Å². The summed E-state index contributed by atoms with van der Waals surface area (Å²) in [6.07, 6.45) is 1.62. The van der Waals surface area contributed by atoms with E-state index in [1.165, 1.54) is 12.1 Å². The predicted molar refractivity (Wildman–Crippen MR) is 72.5 cm³/mol. The van der Waals surface area contributed by atoms with Crippen LogP contribution in [0.2, 0.25) is 5.02 Å². The van der Waals surface area contributed by atoms with Gasteiger partial charge in [0, 0.05) is 24.9 Å². The first-order valence-corrected chi connectivity index (χ1v) is 6.06. The molecule has 2 rings (SSSR count). The molecule has 0 fully saturated rings. The van der Waals surface area contributed by atoms with E-state index in [1.807, 2.05) is 0 Å². The number of carbonyl (C=O) groups excluding carboxylic acids is 1. The van der Waals surface area contributed by atoms with Crippen LogP contribution in [-0.4, -0.2) is 20.6 Å². The molecule has 1 amide bonds. The summed E-state index contributed by atoms with van der Waals surface area (Å²) in [4.78, 5) is 22.1. The van der Waals surface area contributed by atoms with Gasteiger partial charge in [0.25, 0.3) is 11.6 Å². The lowest BCUT2D eigenvalue weighted by atomic mass is 10.2. The Morgan fingerprint density at radius 2 is 2.25 bits per heavy atom. The summed E-state index contributed by atoms with van der Waals surface area (Å²) in [6.45, 7) is 0.283. The second-order valence-corrected chi connectivity index (χ2v) is 4.46. The summed E-state index contributed by atoms with van der Waals surface area (Å²) >= 11 is 5.69. The zero-order chi connectivity index (χ0) is 14.7. The fourth-order valence-corrected chi connectivity index (χ4v) is 1.83. The second-order valence-electron chi connectivity index (χ2n) is 4.05. The van der Waals surface area contributed by atoms with Gasteiger partial charge in [-0.3, -0.25) is 19.6 Å². The molecule has 104 valence electrons. The maximum atomic E-state index is 11.9. The Morgan fingerprint density at radius 3 is 2.85 bits per heavy atom. The van der Waals surface area contributed by atoms with E-state index < -0.39 is 10.8 Å². The third-order valence-corrected chi connectivity index (χ3v) is 3.08. The van der Waals surface area contributed by atoms with Crippen molar-refractivity contribution < 1.29 is 9.72 Å². The van der Waals surface area contributed by atoms with E-state index in [-0.39, 0.29) is 22.8 Å². The lowest BCUT2D eigenvalue weighted by Gasteiger charge is -2.06. The van der Waals surface area contributed by atoms with Crippen LogP contribution in [0.4, 0.5) is 5.69 Å². The van der Waals surface area contributed by atoms with E-state index >= 15 is 0 Å². The Hall–Kier alpha value is -2.41. The highest BCUT2D eigenvalue weighted by atomic mass is 35.5. The number of rotatable bonds is 4. The van der Waals surface area contributed by atoms with Crippen molar-refractivity contribution in [1.29, 1.82) is 0 Å². The van der Waals surface area contributed by atoms with Crippen LogP contribution >= 0.6 is 11.6 Å². The van der Waals surface area contributed by atoms with E-state index in [9.17, 15) is 14.9 Å². The number of carbonyl (C=O) groups is 1. The van der Waals surface area contributed by atoms with Crippen molar-refractivity contribution in [2.45, 2.75) is 6.54 Å². The molecule has 0 aliphatic carbocycles. The highest BCUT2D eigenvalue weighted by Crippen LogP contribution is 2.24. The van der Waals surface area contributed by atoms with Crippen LogP contribution in [0.25, 0.3) is 0 Å². The lowest BCUT2D eigenvalue weighted by Crippen LogP contribution is -2.24. The molecule has 0 unspecified atom stereocenters. The number of nitrogens with one attached hydrogen (secondary N) is 1. The third-order valence-electron chi connectivity index (χ3n) is 2.76. The van der Waals surface area contributed by atoms with Crippen molar-refractivity contribution in [1.82, 2.24) is 15.1 Å². The van der Waals surface area contributed by atoms with Gasteiger partial charge in [-0.15, -0.1) is 0 Å². The first kappa shape index (κ1) is 14.0. The molecule has 0 radical (unpaired) electrons. The van der Waals surface area contributed by atoms with Crippen LogP contribution in [0.3, 0.4) is 0 Å². The van der Waals surface area contributed by atoms with Gasteiger partial charge in [-0.2, -0.15) is 5.10 Å². The lowest BCUT2D eigenvalue weighted by molar-refractivity contribution is -0.384. The normalized spacial score (nSPS) is 10.3. The van der Waals surface area contributed by atoms with E-state index in [2.05, 4.69) is 10.4 Å². The minimum absolute atomic E-state index is 0.00168. The summed E-state index contributed by atoms with van der Waals surface area (Å²) in [7, 11) is 1.76. The monoisotopic (exact) mass is 294 g/mol. The zero-order valence-electron chi connectivity index (χ0n) is 10.5. The second kappa shape index (κ2) is 5.70. The number of hydrogen-bond acceptors (Lipinski definition) is 4. The van der Waals surface area contributed by atoms with Crippen molar-refractivity contribution in [2.75, 3.05) is 0 Å². The number of aromatic nitrogens is 2. The minimum Gasteiger partial charge on any atom is -0.346 e. The maximum absolute atomic E-state index is 11.9. The fraction of sp³-hybridized carbons (Fsp3) is 0.167. The van der Waals surface area contributed by atoms with Crippen molar-refractivity contribution in [3.05, 3.63) is 56.9 Å². The molecular weight excluding hydrogens is 284 g/mol. The van der Waals surface area contributed by atoms with Crippen molar-refractivity contribution >= 4 is 23.2 Å². The Bertz CT molecular complexity index is 668. The smallest absolute Gasteiger partial charge is 0.288 e. The molecule has 0 saturated heterocycles. The molecule has 20 heavy (non-hydrogen) atoms. The molecule has 0 spiro atoms. The third kappa shape index (κ3) is 2.94. The SMILES string of the molecule is Cn1nccc1CNC(=O)c1ccc(Cl)c([N+](=O)[O-])c1. The van der Waals surface area contributed by atoms with Crippen LogP contribution in [0, 0.1) is 10.1 Å². The molecule has 0 bridgehead atoms. The molecule has 0 saturated carbocycles. The Morgan fingerprint density at radius 1 is 1.50 bits per heavy atom. The number of nitro benzene ring substituents is 1. The van der Waals surface area contributed by atoms with Gasteiger partial charge in [-0.25, -0.2) is 0 Å². The zero-order valence-corrected chi connectivity index (χ0v) is 11.3. The minimum atomic E-state index is -0.625. The van der Waals surface area contributed by atoms with Gasteiger partial charge in [0.1, 0.15) is 5.02 Å². The average molecular weight is 295 g/mol. The fourth-order valence-electron chi connectivity index (χ4n) is 1.64. The summed E-state index contributed by atoms with van der Waals surface area (Å²) < 4.78 is 1.63. The molecule has 1 aromatic carbocycles. The van der Waals surface area contributed by atoms with Gasteiger partial charge >= 0.3 is 0 Å². The van der Waals surface area contributed by atoms with Gasteiger partial charge in [0.05, 0.1) is 17.2 Å². The number of benzene rings is 1. The average Bonchev–Trinajstić information content (AvgIpc) is 2.81. The number of aryl methyl sites for hydroxylation is 1. The number of halogens is 1. The topological polar surface area (TPSA) is 90.1 Å². The van der Waals surface area contributed by atoms with E-state index in [0.717, 1.165) is 11.8 Å².